The predicted octanol–water partition coefficient (Wildman–Crippen LogP) is 4.81. The average Bonchev–Trinajstić information content (AvgIpc) is 2.92. The van der Waals surface area contributed by atoms with Crippen molar-refractivity contribution in [2.24, 2.45) is 0 Å². The van der Waals surface area contributed by atoms with Crippen molar-refractivity contribution in [3.8, 4) is 0 Å². The number of nitrogens with one attached hydrogen (secondary N) is 1. The Hall–Kier alpha value is -3.88. The Morgan fingerprint density at radius 2 is 1.68 bits per heavy atom. The van der Waals surface area contributed by atoms with Crippen LogP contribution in [0.15, 0.2) is 72.9 Å². The molecule has 0 spiro atoms. The molecule has 1 N–H and O–H groups in total. The Morgan fingerprint density at radius 3 is 2.32 bits per heavy atom. The minimum atomic E-state index is -4.50. The largest absolute Gasteiger partial charge is 0.416 e. The zero-order valence-corrected chi connectivity index (χ0v) is 20.5. The zero-order valence-electron chi connectivity index (χ0n) is 20.5. The summed E-state index contributed by atoms with van der Waals surface area (Å²) in [5, 5.41) is 3.01. The topological polar surface area (TPSA) is 65.5 Å². The number of pyridine rings is 1. The standard InChI is InChI=1S/C28H29F3N4O2/c1-20(10-11-21-6-3-2-4-7-21)33-26(36)23-12-13-25(32-19-23)34-14-16-35(17-15-34)27(37)22-8-5-9-24(18-22)28(29,30)31/h2-9,12-13,18-20H,10-11,14-17H2,1H3,(H,33,36). The van der Waals surface area contributed by atoms with Crippen LogP contribution in [0.5, 0.6) is 0 Å². The van der Waals surface area contributed by atoms with Crippen LogP contribution in [0.25, 0.3) is 0 Å². The van der Waals surface area contributed by atoms with Gasteiger partial charge >= 0.3 is 6.18 Å². The first kappa shape index (κ1) is 26.2. The number of nitrogens with zero attached hydrogens (tertiary/aromatic N) is 3. The van der Waals surface area contributed by atoms with Gasteiger partial charge in [-0.3, -0.25) is 9.59 Å². The van der Waals surface area contributed by atoms with Gasteiger partial charge in [-0.2, -0.15) is 13.2 Å². The fourth-order valence-corrected chi connectivity index (χ4v) is 4.26. The monoisotopic (exact) mass is 510 g/mol. The first-order valence-corrected chi connectivity index (χ1v) is 12.2. The average molecular weight is 511 g/mol. The smallest absolute Gasteiger partial charge is 0.353 e. The van der Waals surface area contributed by atoms with Gasteiger partial charge in [-0.15, -0.1) is 0 Å². The van der Waals surface area contributed by atoms with Gasteiger partial charge in [-0.25, -0.2) is 4.98 Å². The maximum Gasteiger partial charge on any atom is 0.416 e. The number of amides is 2. The first-order valence-electron chi connectivity index (χ1n) is 12.2. The van der Waals surface area contributed by atoms with Crippen LogP contribution in [-0.2, 0) is 12.6 Å². The number of aromatic nitrogens is 1. The van der Waals surface area contributed by atoms with Crippen molar-refractivity contribution < 1.29 is 22.8 Å². The fraction of sp³-hybridized carbons (Fsp3) is 0.321. The molecule has 1 saturated heterocycles. The number of rotatable bonds is 7. The van der Waals surface area contributed by atoms with E-state index in [4.69, 9.17) is 0 Å². The van der Waals surface area contributed by atoms with Crippen LogP contribution >= 0.6 is 0 Å². The van der Waals surface area contributed by atoms with Crippen molar-refractivity contribution in [2.75, 3.05) is 31.1 Å². The zero-order chi connectivity index (χ0) is 26.4. The Balaban J connectivity index is 1.27. The minimum absolute atomic E-state index is 0.00910. The van der Waals surface area contributed by atoms with Crippen LogP contribution in [-0.4, -0.2) is 53.9 Å². The molecule has 2 aromatic carbocycles. The second kappa shape index (κ2) is 11.5. The molecule has 1 fully saturated rings. The van der Waals surface area contributed by atoms with Gasteiger partial charge in [0.25, 0.3) is 11.8 Å². The molecule has 1 aliphatic rings. The SMILES string of the molecule is CC(CCc1ccccc1)NC(=O)c1ccc(N2CCN(C(=O)c3cccc(C(F)(F)F)c3)CC2)nc1. The van der Waals surface area contributed by atoms with Gasteiger partial charge in [0.1, 0.15) is 5.82 Å². The van der Waals surface area contributed by atoms with Gasteiger partial charge in [-0.05, 0) is 55.7 Å². The van der Waals surface area contributed by atoms with Crippen LogP contribution < -0.4 is 10.2 Å². The first-order chi connectivity index (χ1) is 17.7. The molecule has 194 valence electrons. The highest BCUT2D eigenvalue weighted by Gasteiger charge is 2.31. The Morgan fingerprint density at radius 1 is 0.946 bits per heavy atom. The van der Waals surface area contributed by atoms with Crippen molar-refractivity contribution in [3.63, 3.8) is 0 Å². The van der Waals surface area contributed by atoms with Crippen LogP contribution in [0, 0.1) is 0 Å². The molecule has 0 saturated carbocycles. The lowest BCUT2D eigenvalue weighted by molar-refractivity contribution is -0.137. The number of carbonyl (C=O) groups excluding carboxylic acids is 2. The molecular weight excluding hydrogens is 481 g/mol. The highest BCUT2D eigenvalue weighted by atomic mass is 19.4. The van der Waals surface area contributed by atoms with E-state index in [0.29, 0.717) is 37.6 Å². The summed E-state index contributed by atoms with van der Waals surface area (Å²) in [6.45, 7) is 3.66. The van der Waals surface area contributed by atoms with Crippen molar-refractivity contribution in [1.29, 1.82) is 0 Å². The lowest BCUT2D eigenvalue weighted by Gasteiger charge is -2.35. The summed E-state index contributed by atoms with van der Waals surface area (Å²) in [7, 11) is 0. The van der Waals surface area contributed by atoms with E-state index in [0.717, 1.165) is 25.0 Å². The molecule has 2 heterocycles. The Kier molecular flexibility index (Phi) is 8.11. The van der Waals surface area contributed by atoms with E-state index in [2.05, 4.69) is 22.4 Å². The van der Waals surface area contributed by atoms with Crippen molar-refractivity contribution in [3.05, 3.63) is 95.2 Å². The molecule has 0 radical (unpaired) electrons. The van der Waals surface area contributed by atoms with Gasteiger partial charge in [0.15, 0.2) is 0 Å². The van der Waals surface area contributed by atoms with Gasteiger partial charge in [0.05, 0.1) is 11.1 Å². The molecule has 0 bridgehead atoms. The third-order valence-electron chi connectivity index (χ3n) is 6.42. The normalized spacial score (nSPS) is 14.8. The molecule has 1 aromatic heterocycles. The molecular formula is C28H29F3N4O2. The van der Waals surface area contributed by atoms with Gasteiger partial charge in [-0.1, -0.05) is 36.4 Å². The third kappa shape index (κ3) is 6.87. The molecule has 37 heavy (non-hydrogen) atoms. The Labute approximate surface area is 214 Å². The molecule has 2 amide bonds. The third-order valence-corrected chi connectivity index (χ3v) is 6.42. The molecule has 1 atom stereocenters. The number of hydrogen-bond donors (Lipinski definition) is 1. The van der Waals surface area contributed by atoms with E-state index in [1.165, 1.54) is 23.9 Å². The number of carbonyl (C=O) groups is 2. The van der Waals surface area contributed by atoms with Crippen LogP contribution in [0.2, 0.25) is 0 Å². The van der Waals surface area contributed by atoms with Crippen molar-refractivity contribution in [1.82, 2.24) is 15.2 Å². The predicted molar refractivity (Wildman–Crippen MR) is 135 cm³/mol. The highest BCUT2D eigenvalue weighted by Crippen LogP contribution is 2.30. The van der Waals surface area contributed by atoms with E-state index in [-0.39, 0.29) is 17.5 Å². The number of anilines is 1. The second-order valence-corrected chi connectivity index (χ2v) is 9.16. The highest BCUT2D eigenvalue weighted by molar-refractivity contribution is 5.95. The summed E-state index contributed by atoms with van der Waals surface area (Å²) in [4.78, 5) is 33.3. The van der Waals surface area contributed by atoms with Crippen LogP contribution in [0.3, 0.4) is 0 Å². The van der Waals surface area contributed by atoms with Gasteiger partial charge in [0, 0.05) is 44.0 Å². The maximum absolute atomic E-state index is 13.0. The number of aryl methyl sites for hydroxylation is 1. The summed E-state index contributed by atoms with van der Waals surface area (Å²) in [5.74, 6) is 0.0723. The number of hydrogen-bond acceptors (Lipinski definition) is 4. The maximum atomic E-state index is 13.0. The van der Waals surface area contributed by atoms with Gasteiger partial charge in [0.2, 0.25) is 0 Å². The fourth-order valence-electron chi connectivity index (χ4n) is 4.26. The molecule has 4 rings (SSSR count). The molecule has 1 aliphatic heterocycles. The quantitative estimate of drug-likeness (QED) is 0.495. The lowest BCUT2D eigenvalue weighted by Crippen LogP contribution is -2.49. The van der Waals surface area contributed by atoms with Gasteiger partial charge < -0.3 is 15.1 Å². The summed E-state index contributed by atoms with van der Waals surface area (Å²) < 4.78 is 39.0. The van der Waals surface area contributed by atoms with E-state index in [1.807, 2.05) is 30.0 Å². The van der Waals surface area contributed by atoms with Crippen molar-refractivity contribution >= 4 is 17.6 Å². The minimum Gasteiger partial charge on any atom is -0.353 e. The van der Waals surface area contributed by atoms with E-state index in [9.17, 15) is 22.8 Å². The Bertz CT molecular complexity index is 1210. The number of halogens is 3. The summed E-state index contributed by atoms with van der Waals surface area (Å²) in [5.41, 5.74) is 0.880. The summed E-state index contributed by atoms with van der Waals surface area (Å²) >= 11 is 0. The molecule has 6 nitrogen and oxygen atoms in total. The van der Waals surface area contributed by atoms with Crippen molar-refractivity contribution in [2.45, 2.75) is 32.0 Å². The molecule has 0 aliphatic carbocycles. The number of alkyl halides is 3. The summed E-state index contributed by atoms with van der Waals surface area (Å²) in [6, 6.07) is 18.1. The van der Waals surface area contributed by atoms with E-state index >= 15 is 0 Å². The van der Waals surface area contributed by atoms with Crippen LogP contribution in [0.4, 0.5) is 19.0 Å². The lowest BCUT2D eigenvalue weighted by atomic mass is 10.1. The van der Waals surface area contributed by atoms with E-state index < -0.39 is 17.6 Å². The molecule has 1 unspecified atom stereocenters. The van der Waals surface area contributed by atoms with Crippen LogP contribution in [0.1, 0.15) is 45.2 Å². The molecule has 9 heteroatoms. The second-order valence-electron chi connectivity index (χ2n) is 9.16. The molecule has 3 aromatic rings. The number of piperazine rings is 1. The van der Waals surface area contributed by atoms with E-state index in [1.54, 1.807) is 17.0 Å². The summed E-state index contributed by atoms with van der Waals surface area (Å²) in [6.07, 6.45) is -1.26. The number of benzene rings is 2.